The van der Waals surface area contributed by atoms with E-state index in [1.165, 1.54) is 31.2 Å². The molecule has 3 rings (SSSR count). The Labute approximate surface area is 147 Å². The normalized spacial score (nSPS) is 31.7. The summed E-state index contributed by atoms with van der Waals surface area (Å²) >= 11 is 0. The molecule has 0 bridgehead atoms. The van der Waals surface area contributed by atoms with Gasteiger partial charge in [-0.1, -0.05) is 30.3 Å². The summed E-state index contributed by atoms with van der Waals surface area (Å²) in [5.74, 6) is 0.713. The largest absolute Gasteiger partial charge is 0.377 e. The summed E-state index contributed by atoms with van der Waals surface area (Å²) in [7, 11) is 4.24. The van der Waals surface area contributed by atoms with Crippen LogP contribution in [0.5, 0.6) is 0 Å². The zero-order valence-electron chi connectivity index (χ0n) is 15.2. The number of nitrogens with two attached hydrogens (primary N) is 1. The molecule has 4 nitrogen and oxygen atoms in total. The number of ether oxygens (including phenoxy) is 1. The Kier molecular flexibility index (Phi) is 6.28. The highest BCUT2D eigenvalue weighted by atomic mass is 16.5. The molecule has 1 aliphatic carbocycles. The lowest BCUT2D eigenvalue weighted by molar-refractivity contribution is -0.0113. The maximum atomic E-state index is 6.32. The molecule has 1 aromatic rings. The summed E-state index contributed by atoms with van der Waals surface area (Å²) < 4.78 is 6.29. The van der Waals surface area contributed by atoms with Crippen LogP contribution in [0.25, 0.3) is 0 Å². The number of hydrogen-bond donors (Lipinski definition) is 1. The molecule has 134 valence electrons. The molecule has 0 aromatic heterocycles. The molecular weight excluding hydrogens is 298 g/mol. The van der Waals surface area contributed by atoms with Crippen LogP contribution in [0.3, 0.4) is 0 Å². The van der Waals surface area contributed by atoms with Gasteiger partial charge < -0.3 is 10.5 Å². The van der Waals surface area contributed by atoms with Crippen molar-refractivity contribution in [3.05, 3.63) is 35.9 Å². The Balaban J connectivity index is 1.44. The van der Waals surface area contributed by atoms with Gasteiger partial charge in [0.2, 0.25) is 0 Å². The summed E-state index contributed by atoms with van der Waals surface area (Å²) in [6.07, 6.45) is 6.34. The Hall–Kier alpha value is -0.940. The first-order valence-corrected chi connectivity index (χ1v) is 9.44. The van der Waals surface area contributed by atoms with Crippen LogP contribution in [0.1, 0.15) is 43.6 Å². The van der Waals surface area contributed by atoms with E-state index in [9.17, 15) is 0 Å². The van der Waals surface area contributed by atoms with Gasteiger partial charge in [-0.3, -0.25) is 9.80 Å². The summed E-state index contributed by atoms with van der Waals surface area (Å²) in [4.78, 5) is 4.69. The molecule has 0 radical (unpaired) electrons. The summed E-state index contributed by atoms with van der Waals surface area (Å²) in [6, 6.07) is 11.6. The molecule has 0 spiro atoms. The van der Waals surface area contributed by atoms with E-state index < -0.39 is 0 Å². The summed E-state index contributed by atoms with van der Waals surface area (Å²) in [6.45, 7) is 2.85. The monoisotopic (exact) mass is 331 g/mol. The molecule has 1 saturated heterocycles. The Morgan fingerprint density at radius 2 is 1.79 bits per heavy atom. The molecule has 1 heterocycles. The molecule has 2 fully saturated rings. The molecule has 4 heteroatoms. The van der Waals surface area contributed by atoms with E-state index in [1.54, 1.807) is 0 Å². The number of nitrogens with zero attached hydrogens (tertiary/aromatic N) is 2. The van der Waals surface area contributed by atoms with Crippen LogP contribution in [-0.4, -0.2) is 61.9 Å². The molecular formula is C20H33N3O. The van der Waals surface area contributed by atoms with Crippen molar-refractivity contribution in [2.45, 2.75) is 56.2 Å². The second-order valence-electron chi connectivity index (χ2n) is 7.77. The third-order valence-electron chi connectivity index (χ3n) is 5.63. The van der Waals surface area contributed by atoms with Crippen LogP contribution < -0.4 is 5.73 Å². The van der Waals surface area contributed by atoms with E-state index in [0.717, 1.165) is 26.2 Å². The van der Waals surface area contributed by atoms with E-state index in [1.807, 2.05) is 0 Å². The highest BCUT2D eigenvalue weighted by Crippen LogP contribution is 2.34. The minimum atomic E-state index is 0.255. The smallest absolute Gasteiger partial charge is 0.0641 e. The van der Waals surface area contributed by atoms with Gasteiger partial charge in [0, 0.05) is 18.6 Å². The molecule has 1 aromatic carbocycles. The molecule has 24 heavy (non-hydrogen) atoms. The first-order valence-electron chi connectivity index (χ1n) is 9.44. The molecule has 1 saturated carbocycles. The Bertz CT molecular complexity index is 485. The van der Waals surface area contributed by atoms with Gasteiger partial charge in [-0.25, -0.2) is 0 Å². The second kappa shape index (κ2) is 8.43. The minimum absolute atomic E-state index is 0.255. The van der Waals surface area contributed by atoms with E-state index >= 15 is 0 Å². The van der Waals surface area contributed by atoms with Gasteiger partial charge in [-0.15, -0.1) is 0 Å². The fourth-order valence-corrected chi connectivity index (χ4v) is 4.23. The SMILES string of the molecule is CN(C)CN1CCC(N)C1COC1CCC(c2ccccc2)CC1. The highest BCUT2D eigenvalue weighted by molar-refractivity contribution is 5.19. The number of benzene rings is 1. The van der Waals surface area contributed by atoms with Crippen LogP contribution in [0.15, 0.2) is 30.3 Å². The van der Waals surface area contributed by atoms with Crippen LogP contribution in [-0.2, 0) is 4.74 Å². The van der Waals surface area contributed by atoms with Crippen molar-refractivity contribution in [3.63, 3.8) is 0 Å². The van der Waals surface area contributed by atoms with Gasteiger partial charge in [0.1, 0.15) is 0 Å². The van der Waals surface area contributed by atoms with Crippen molar-refractivity contribution in [1.82, 2.24) is 9.80 Å². The zero-order chi connectivity index (χ0) is 16.9. The third-order valence-corrected chi connectivity index (χ3v) is 5.63. The number of hydrogen-bond acceptors (Lipinski definition) is 4. The first-order chi connectivity index (χ1) is 11.6. The summed E-state index contributed by atoms with van der Waals surface area (Å²) in [5, 5.41) is 0. The van der Waals surface area contributed by atoms with E-state index in [0.29, 0.717) is 18.1 Å². The average Bonchev–Trinajstić information content (AvgIpc) is 2.93. The Morgan fingerprint density at radius 1 is 1.08 bits per heavy atom. The zero-order valence-corrected chi connectivity index (χ0v) is 15.2. The van der Waals surface area contributed by atoms with E-state index in [2.05, 4.69) is 54.2 Å². The first kappa shape index (κ1) is 17.9. The number of likely N-dealkylation sites (tertiary alicyclic amines) is 1. The maximum Gasteiger partial charge on any atom is 0.0641 e. The van der Waals surface area contributed by atoms with Crippen LogP contribution in [0.2, 0.25) is 0 Å². The standard InChI is InChI=1S/C20H33N3O/c1-22(2)15-23-13-12-19(21)20(23)14-24-18-10-8-17(9-11-18)16-6-4-3-5-7-16/h3-7,17-20H,8-15,21H2,1-2H3. The van der Waals surface area contributed by atoms with Gasteiger partial charge in [0.15, 0.2) is 0 Å². The average molecular weight is 332 g/mol. The van der Waals surface area contributed by atoms with Gasteiger partial charge in [0.25, 0.3) is 0 Å². The Morgan fingerprint density at radius 3 is 2.46 bits per heavy atom. The third kappa shape index (κ3) is 4.57. The highest BCUT2D eigenvalue weighted by Gasteiger charge is 2.33. The summed E-state index contributed by atoms with van der Waals surface area (Å²) in [5.41, 5.74) is 7.81. The van der Waals surface area contributed by atoms with Gasteiger partial charge >= 0.3 is 0 Å². The lowest BCUT2D eigenvalue weighted by Crippen LogP contribution is -2.46. The maximum absolute atomic E-state index is 6.32. The van der Waals surface area contributed by atoms with Crippen molar-refractivity contribution < 1.29 is 4.74 Å². The molecule has 2 aliphatic rings. The molecule has 2 N–H and O–H groups in total. The fourth-order valence-electron chi connectivity index (χ4n) is 4.23. The second-order valence-corrected chi connectivity index (χ2v) is 7.77. The molecule has 1 aliphatic heterocycles. The molecule has 2 atom stereocenters. The predicted octanol–water partition coefficient (Wildman–Crippen LogP) is 2.65. The van der Waals surface area contributed by atoms with Crippen LogP contribution >= 0.6 is 0 Å². The predicted molar refractivity (Wildman–Crippen MR) is 99.0 cm³/mol. The quantitative estimate of drug-likeness (QED) is 0.870. The van der Waals surface area contributed by atoms with Gasteiger partial charge in [-0.2, -0.15) is 0 Å². The van der Waals surface area contributed by atoms with Crippen molar-refractivity contribution in [2.24, 2.45) is 5.73 Å². The van der Waals surface area contributed by atoms with Gasteiger partial charge in [0.05, 0.1) is 19.4 Å². The lowest BCUT2D eigenvalue weighted by Gasteiger charge is -2.33. The van der Waals surface area contributed by atoms with Crippen molar-refractivity contribution in [3.8, 4) is 0 Å². The lowest BCUT2D eigenvalue weighted by atomic mass is 9.83. The van der Waals surface area contributed by atoms with E-state index in [4.69, 9.17) is 10.5 Å². The van der Waals surface area contributed by atoms with E-state index in [-0.39, 0.29) is 6.04 Å². The van der Waals surface area contributed by atoms with Crippen LogP contribution in [0.4, 0.5) is 0 Å². The minimum Gasteiger partial charge on any atom is -0.377 e. The molecule has 0 amide bonds. The van der Waals surface area contributed by atoms with Crippen molar-refractivity contribution >= 4 is 0 Å². The number of rotatable bonds is 6. The van der Waals surface area contributed by atoms with Crippen LogP contribution in [0, 0.1) is 0 Å². The van der Waals surface area contributed by atoms with Gasteiger partial charge in [-0.05, 0) is 57.7 Å². The van der Waals surface area contributed by atoms with Crippen molar-refractivity contribution in [2.75, 3.05) is 33.9 Å². The van der Waals surface area contributed by atoms with Crippen molar-refractivity contribution in [1.29, 1.82) is 0 Å². The topological polar surface area (TPSA) is 41.7 Å². The molecule has 2 unspecified atom stereocenters. The fraction of sp³-hybridized carbons (Fsp3) is 0.700.